The van der Waals surface area contributed by atoms with Crippen LogP contribution in [0.4, 0.5) is 0 Å². The number of fused-ring (bicyclic) bond motifs is 2. The summed E-state index contributed by atoms with van der Waals surface area (Å²) in [6.45, 7) is 11.1. The average Bonchev–Trinajstić information content (AvgIpc) is 3.19. The van der Waals surface area contributed by atoms with Crippen molar-refractivity contribution in [3.8, 4) is 11.3 Å². The third-order valence-electron chi connectivity index (χ3n) is 6.43. The molecule has 0 atom stereocenters. The van der Waals surface area contributed by atoms with Crippen LogP contribution in [0.5, 0.6) is 0 Å². The minimum atomic E-state index is -0.376. The molecule has 4 heterocycles. The van der Waals surface area contributed by atoms with Gasteiger partial charge in [-0.25, -0.2) is 4.79 Å². The molecule has 31 heavy (non-hydrogen) atoms. The first-order chi connectivity index (χ1) is 14.9. The third-order valence-corrected chi connectivity index (χ3v) is 6.43. The van der Waals surface area contributed by atoms with Gasteiger partial charge in [0.15, 0.2) is 5.58 Å². The largest absolute Gasteiger partial charge is 0.454 e. The van der Waals surface area contributed by atoms with Crippen molar-refractivity contribution in [2.45, 2.75) is 27.3 Å². The molecule has 4 aromatic rings. The molecule has 0 bridgehead atoms. The highest BCUT2D eigenvalue weighted by Crippen LogP contribution is 2.35. The van der Waals surface area contributed by atoms with E-state index in [0.717, 1.165) is 77.0 Å². The van der Waals surface area contributed by atoms with Crippen LogP contribution in [0.15, 0.2) is 44.1 Å². The number of benzene rings is 1. The first-order valence-corrected chi connectivity index (χ1v) is 10.7. The lowest BCUT2D eigenvalue weighted by molar-refractivity contribution is 0.148. The fourth-order valence-electron chi connectivity index (χ4n) is 4.33. The highest BCUT2D eigenvalue weighted by molar-refractivity contribution is 5.96. The Kier molecular flexibility index (Phi) is 4.91. The molecule has 1 fully saturated rings. The van der Waals surface area contributed by atoms with Gasteiger partial charge in [0.1, 0.15) is 11.3 Å². The van der Waals surface area contributed by atoms with E-state index in [1.165, 1.54) is 6.07 Å². The maximum absolute atomic E-state index is 12.3. The number of piperazine rings is 1. The molecule has 0 radical (unpaired) electrons. The van der Waals surface area contributed by atoms with E-state index < -0.39 is 0 Å². The van der Waals surface area contributed by atoms with Crippen molar-refractivity contribution in [1.29, 1.82) is 0 Å². The fourth-order valence-corrected chi connectivity index (χ4v) is 4.33. The summed E-state index contributed by atoms with van der Waals surface area (Å²) in [5.74, 6) is 0.673. The van der Waals surface area contributed by atoms with Crippen LogP contribution in [0, 0.1) is 20.8 Å². The van der Waals surface area contributed by atoms with Crippen molar-refractivity contribution >= 4 is 21.9 Å². The molecule has 6 heteroatoms. The lowest BCUT2D eigenvalue weighted by Gasteiger charge is -2.32. The Bertz CT molecular complexity index is 1340. The summed E-state index contributed by atoms with van der Waals surface area (Å²) in [7, 11) is 2.16. The van der Waals surface area contributed by atoms with E-state index in [1.807, 2.05) is 26.1 Å². The number of furan rings is 1. The summed E-state index contributed by atoms with van der Waals surface area (Å²) in [6, 6.07) is 7.56. The summed E-state index contributed by atoms with van der Waals surface area (Å²) < 4.78 is 11.8. The first-order valence-electron chi connectivity index (χ1n) is 10.7. The maximum Gasteiger partial charge on any atom is 0.336 e. The van der Waals surface area contributed by atoms with Crippen molar-refractivity contribution in [2.75, 3.05) is 33.2 Å². The van der Waals surface area contributed by atoms with E-state index in [-0.39, 0.29) is 5.63 Å². The lowest BCUT2D eigenvalue weighted by Crippen LogP contribution is -2.43. The molecule has 0 unspecified atom stereocenters. The van der Waals surface area contributed by atoms with Crippen molar-refractivity contribution in [3.63, 3.8) is 0 Å². The zero-order chi connectivity index (χ0) is 21.7. The summed E-state index contributed by atoms with van der Waals surface area (Å²) in [5.41, 5.74) is 5.99. The molecule has 0 spiro atoms. The van der Waals surface area contributed by atoms with Gasteiger partial charge >= 0.3 is 5.63 Å². The lowest BCUT2D eigenvalue weighted by atomic mass is 10.0. The zero-order valence-electron chi connectivity index (χ0n) is 18.5. The summed E-state index contributed by atoms with van der Waals surface area (Å²) in [5, 5.41) is 1.94. The Morgan fingerprint density at radius 1 is 0.935 bits per heavy atom. The summed E-state index contributed by atoms with van der Waals surface area (Å²) in [6.07, 6.45) is 1.96. The number of pyridine rings is 1. The number of aromatic nitrogens is 1. The van der Waals surface area contributed by atoms with Crippen LogP contribution in [0.25, 0.3) is 33.3 Å². The number of hydrogen-bond acceptors (Lipinski definition) is 6. The Balaban J connectivity index is 1.63. The minimum absolute atomic E-state index is 0.376. The molecular formula is C25H27N3O3. The number of rotatable bonds is 3. The van der Waals surface area contributed by atoms with E-state index in [0.29, 0.717) is 11.3 Å². The van der Waals surface area contributed by atoms with Crippen molar-refractivity contribution in [3.05, 3.63) is 63.3 Å². The van der Waals surface area contributed by atoms with Crippen molar-refractivity contribution in [2.24, 2.45) is 0 Å². The Labute approximate surface area is 181 Å². The topological polar surface area (TPSA) is 62.7 Å². The molecule has 5 rings (SSSR count). The minimum Gasteiger partial charge on any atom is -0.454 e. The molecule has 1 saturated heterocycles. The molecule has 0 N–H and O–H groups in total. The molecule has 1 aliphatic rings. The van der Waals surface area contributed by atoms with Gasteiger partial charge < -0.3 is 13.7 Å². The van der Waals surface area contributed by atoms with Crippen molar-refractivity contribution in [1.82, 2.24) is 14.8 Å². The summed E-state index contributed by atoms with van der Waals surface area (Å²) in [4.78, 5) is 21.7. The molecule has 1 aliphatic heterocycles. The number of hydrogen-bond donors (Lipinski definition) is 0. The van der Waals surface area contributed by atoms with E-state index in [2.05, 4.69) is 40.9 Å². The molecular weight excluding hydrogens is 390 g/mol. The molecule has 0 aliphatic carbocycles. The standard InChI is InChI=1S/C25H27N3O3/c1-15-9-20-21(12-24(29)30-22(20)10-16(15)2)23-11-19-18(13-26-17(3)25(19)31-23)14-28-7-5-27(4)6-8-28/h9-13H,5-8,14H2,1-4H3. The van der Waals surface area contributed by atoms with Gasteiger partial charge in [-0.3, -0.25) is 9.88 Å². The SMILES string of the molecule is Cc1cc2oc(=O)cc(-c3cc4c(CN5CCN(C)CC5)cnc(C)c4o3)c2cc1C. The quantitative estimate of drug-likeness (QED) is 0.464. The van der Waals surface area contributed by atoms with Gasteiger partial charge in [0.2, 0.25) is 0 Å². The molecule has 0 saturated carbocycles. The zero-order valence-corrected chi connectivity index (χ0v) is 18.5. The third kappa shape index (κ3) is 3.66. The van der Waals surface area contributed by atoms with Gasteiger partial charge in [0.05, 0.1) is 5.69 Å². The van der Waals surface area contributed by atoms with E-state index in [1.54, 1.807) is 0 Å². The molecule has 3 aromatic heterocycles. The Morgan fingerprint density at radius 3 is 2.45 bits per heavy atom. The number of aryl methyl sites for hydroxylation is 3. The highest BCUT2D eigenvalue weighted by atomic mass is 16.4. The number of likely N-dealkylation sites (N-methyl/N-ethyl adjacent to an activating group) is 1. The van der Waals surface area contributed by atoms with Gasteiger partial charge in [-0.15, -0.1) is 0 Å². The smallest absolute Gasteiger partial charge is 0.336 e. The predicted molar refractivity (Wildman–Crippen MR) is 122 cm³/mol. The molecule has 160 valence electrons. The number of nitrogens with zero attached hydrogens (tertiary/aromatic N) is 3. The maximum atomic E-state index is 12.3. The second kappa shape index (κ2) is 7.62. The van der Waals surface area contributed by atoms with Crippen LogP contribution in [0.3, 0.4) is 0 Å². The Hall–Kier alpha value is -2.96. The van der Waals surface area contributed by atoms with Crippen LogP contribution in [0.2, 0.25) is 0 Å². The van der Waals surface area contributed by atoms with Crippen LogP contribution < -0.4 is 5.63 Å². The van der Waals surface area contributed by atoms with Gasteiger partial charge in [-0.05, 0) is 62.7 Å². The van der Waals surface area contributed by atoms with Crippen LogP contribution in [-0.2, 0) is 6.54 Å². The van der Waals surface area contributed by atoms with Crippen molar-refractivity contribution < 1.29 is 8.83 Å². The summed E-state index contributed by atoms with van der Waals surface area (Å²) >= 11 is 0. The monoisotopic (exact) mass is 417 g/mol. The van der Waals surface area contributed by atoms with Gasteiger partial charge in [0.25, 0.3) is 0 Å². The molecule has 1 aromatic carbocycles. The highest BCUT2D eigenvalue weighted by Gasteiger charge is 2.19. The average molecular weight is 418 g/mol. The van der Waals surface area contributed by atoms with Crippen LogP contribution in [-0.4, -0.2) is 48.0 Å². The fraction of sp³-hybridized carbons (Fsp3) is 0.360. The second-order valence-electron chi connectivity index (χ2n) is 8.71. The van der Waals surface area contributed by atoms with Crippen LogP contribution >= 0.6 is 0 Å². The van der Waals surface area contributed by atoms with Crippen LogP contribution in [0.1, 0.15) is 22.4 Å². The van der Waals surface area contributed by atoms with Gasteiger partial charge in [0, 0.05) is 61.3 Å². The van der Waals surface area contributed by atoms with E-state index in [9.17, 15) is 4.79 Å². The van der Waals surface area contributed by atoms with Gasteiger partial charge in [-0.1, -0.05) is 0 Å². The molecule has 0 amide bonds. The van der Waals surface area contributed by atoms with Gasteiger partial charge in [-0.2, -0.15) is 0 Å². The second-order valence-corrected chi connectivity index (χ2v) is 8.71. The molecule has 6 nitrogen and oxygen atoms in total. The Morgan fingerprint density at radius 2 is 1.68 bits per heavy atom. The van der Waals surface area contributed by atoms with E-state index in [4.69, 9.17) is 8.83 Å². The first kappa shape index (κ1) is 20.0. The normalized spacial score (nSPS) is 15.9. The predicted octanol–water partition coefficient (Wildman–Crippen LogP) is 4.27. The van der Waals surface area contributed by atoms with E-state index >= 15 is 0 Å².